The number of rotatable bonds is 9. The molecule has 1 aromatic heterocycles. The van der Waals surface area contributed by atoms with E-state index in [0.29, 0.717) is 12.1 Å². The lowest BCUT2D eigenvalue weighted by atomic mass is 10.0. The van der Waals surface area contributed by atoms with Gasteiger partial charge in [0, 0.05) is 36.0 Å². The Balaban J connectivity index is 1.27. The SMILES string of the molecule is O=C(NCc1ccc(C2OC(CSc3ccccn3)CC(c3ccc(CO)cc3)O2)cc1)c1ccccc1. The molecule has 2 N–H and O–H groups in total. The van der Waals surface area contributed by atoms with Crippen molar-refractivity contribution in [2.24, 2.45) is 0 Å². The molecule has 3 aromatic carbocycles. The van der Waals surface area contributed by atoms with Crippen LogP contribution in [0.5, 0.6) is 0 Å². The number of aliphatic hydroxyl groups is 1. The number of nitrogens with zero attached hydrogens (tertiary/aromatic N) is 1. The molecule has 0 radical (unpaired) electrons. The van der Waals surface area contributed by atoms with E-state index in [1.165, 1.54) is 0 Å². The molecule has 1 amide bonds. The zero-order valence-corrected chi connectivity index (χ0v) is 21.7. The van der Waals surface area contributed by atoms with Gasteiger partial charge in [0.25, 0.3) is 5.91 Å². The number of carbonyl (C=O) groups is 1. The van der Waals surface area contributed by atoms with E-state index in [9.17, 15) is 9.90 Å². The number of carbonyl (C=O) groups excluding carboxylic acids is 1. The highest BCUT2D eigenvalue weighted by atomic mass is 32.2. The monoisotopic (exact) mass is 526 g/mol. The van der Waals surface area contributed by atoms with Gasteiger partial charge in [0.2, 0.25) is 0 Å². The number of ether oxygens (including phenoxy) is 2. The number of pyridine rings is 1. The summed E-state index contributed by atoms with van der Waals surface area (Å²) in [7, 11) is 0. The molecule has 3 atom stereocenters. The van der Waals surface area contributed by atoms with E-state index in [4.69, 9.17) is 9.47 Å². The average Bonchev–Trinajstić information content (AvgIpc) is 3.00. The first kappa shape index (κ1) is 26.1. The smallest absolute Gasteiger partial charge is 0.251 e. The second-order valence-corrected chi connectivity index (χ2v) is 10.2. The van der Waals surface area contributed by atoms with Crippen LogP contribution in [0.2, 0.25) is 0 Å². The predicted octanol–water partition coefficient (Wildman–Crippen LogP) is 5.84. The van der Waals surface area contributed by atoms with Gasteiger partial charge in [-0.05, 0) is 41.0 Å². The van der Waals surface area contributed by atoms with Crippen LogP contribution in [0.15, 0.2) is 108 Å². The number of benzene rings is 3. The standard InChI is InChI=1S/C31H30N2O4S/c34-20-23-11-13-24(14-12-23)28-18-27(21-38-29-8-4-5-17-32-29)36-31(37-28)26-15-9-22(10-16-26)19-33-30(35)25-6-2-1-3-7-25/h1-17,27-28,31,34H,18-21H2,(H,33,35). The van der Waals surface area contributed by atoms with Gasteiger partial charge >= 0.3 is 0 Å². The fourth-order valence-electron chi connectivity index (χ4n) is 4.30. The Morgan fingerprint density at radius 1 is 0.868 bits per heavy atom. The maximum atomic E-state index is 12.4. The lowest BCUT2D eigenvalue weighted by Crippen LogP contribution is -2.31. The number of amides is 1. The summed E-state index contributed by atoms with van der Waals surface area (Å²) in [5.74, 6) is 0.656. The molecule has 1 fully saturated rings. The summed E-state index contributed by atoms with van der Waals surface area (Å²) in [4.78, 5) is 16.8. The Bertz CT molecular complexity index is 1300. The predicted molar refractivity (Wildman–Crippen MR) is 147 cm³/mol. The van der Waals surface area contributed by atoms with Gasteiger partial charge in [-0.25, -0.2) is 4.98 Å². The van der Waals surface area contributed by atoms with E-state index in [1.807, 2.05) is 84.9 Å². The number of aliphatic hydroxyl groups excluding tert-OH is 1. The van der Waals surface area contributed by atoms with Crippen molar-refractivity contribution in [1.82, 2.24) is 10.3 Å². The quantitative estimate of drug-likeness (QED) is 0.267. The van der Waals surface area contributed by atoms with Crippen molar-refractivity contribution in [1.29, 1.82) is 0 Å². The number of nitrogens with one attached hydrogen (secondary N) is 1. The Morgan fingerprint density at radius 2 is 1.58 bits per heavy atom. The molecule has 38 heavy (non-hydrogen) atoms. The summed E-state index contributed by atoms with van der Waals surface area (Å²) in [6.45, 7) is 0.447. The van der Waals surface area contributed by atoms with Crippen LogP contribution in [0.25, 0.3) is 0 Å². The van der Waals surface area contributed by atoms with Crippen molar-refractivity contribution in [3.8, 4) is 0 Å². The van der Waals surface area contributed by atoms with Crippen LogP contribution >= 0.6 is 11.8 Å². The van der Waals surface area contributed by atoms with E-state index < -0.39 is 6.29 Å². The van der Waals surface area contributed by atoms with Crippen molar-refractivity contribution in [3.63, 3.8) is 0 Å². The zero-order chi connectivity index (χ0) is 26.2. The highest BCUT2D eigenvalue weighted by Crippen LogP contribution is 2.39. The number of aromatic nitrogens is 1. The molecule has 0 spiro atoms. The minimum Gasteiger partial charge on any atom is -0.392 e. The Morgan fingerprint density at radius 3 is 2.29 bits per heavy atom. The summed E-state index contributed by atoms with van der Waals surface area (Å²) in [6.07, 6.45) is 1.83. The molecule has 0 aliphatic carbocycles. The molecule has 6 nitrogen and oxygen atoms in total. The van der Waals surface area contributed by atoms with E-state index >= 15 is 0 Å². The lowest BCUT2D eigenvalue weighted by Gasteiger charge is -2.36. The van der Waals surface area contributed by atoms with E-state index in [-0.39, 0.29) is 24.7 Å². The van der Waals surface area contributed by atoms with Gasteiger partial charge in [-0.3, -0.25) is 4.79 Å². The Kier molecular flexibility index (Phi) is 8.83. The molecule has 1 aliphatic heterocycles. The Hall–Kier alpha value is -3.49. The second kappa shape index (κ2) is 12.8. The maximum absolute atomic E-state index is 12.4. The number of thioether (sulfide) groups is 1. The first-order valence-electron chi connectivity index (χ1n) is 12.6. The van der Waals surface area contributed by atoms with E-state index in [1.54, 1.807) is 30.1 Å². The minimum absolute atomic E-state index is 0.0129. The Labute approximate surface area is 227 Å². The number of hydrogen-bond donors (Lipinski definition) is 2. The summed E-state index contributed by atoms with van der Waals surface area (Å²) < 4.78 is 12.8. The van der Waals surface area contributed by atoms with Crippen LogP contribution in [0, 0.1) is 0 Å². The first-order valence-corrected chi connectivity index (χ1v) is 13.6. The largest absolute Gasteiger partial charge is 0.392 e. The molecule has 4 aromatic rings. The lowest BCUT2D eigenvalue weighted by molar-refractivity contribution is -0.245. The molecule has 5 rings (SSSR count). The average molecular weight is 527 g/mol. The maximum Gasteiger partial charge on any atom is 0.251 e. The van der Waals surface area contributed by atoms with Crippen molar-refractivity contribution < 1.29 is 19.4 Å². The van der Waals surface area contributed by atoms with E-state index in [0.717, 1.165) is 39.5 Å². The molecule has 0 saturated carbocycles. The summed E-state index contributed by atoms with van der Waals surface area (Å²) in [5, 5.41) is 13.3. The van der Waals surface area contributed by atoms with Crippen molar-refractivity contribution in [3.05, 3.63) is 131 Å². The van der Waals surface area contributed by atoms with Crippen LogP contribution < -0.4 is 5.32 Å². The first-order chi connectivity index (χ1) is 18.7. The molecule has 194 valence electrons. The second-order valence-electron chi connectivity index (χ2n) is 9.12. The minimum atomic E-state index is -0.520. The van der Waals surface area contributed by atoms with Crippen LogP contribution in [0.4, 0.5) is 0 Å². The highest BCUT2D eigenvalue weighted by molar-refractivity contribution is 7.99. The topological polar surface area (TPSA) is 80.7 Å². The highest BCUT2D eigenvalue weighted by Gasteiger charge is 2.32. The third-order valence-corrected chi connectivity index (χ3v) is 7.49. The van der Waals surface area contributed by atoms with Gasteiger partial charge < -0.3 is 19.9 Å². The van der Waals surface area contributed by atoms with Crippen LogP contribution in [-0.2, 0) is 22.6 Å². The van der Waals surface area contributed by atoms with Gasteiger partial charge in [-0.1, -0.05) is 72.8 Å². The fourth-order valence-corrected chi connectivity index (χ4v) is 5.18. The van der Waals surface area contributed by atoms with Gasteiger partial charge in [0.1, 0.15) is 0 Å². The van der Waals surface area contributed by atoms with Gasteiger partial charge in [-0.2, -0.15) is 0 Å². The van der Waals surface area contributed by atoms with Gasteiger partial charge in [-0.15, -0.1) is 11.8 Å². The summed E-state index contributed by atoms with van der Waals surface area (Å²) in [5.41, 5.74) is 4.49. The normalized spacial score (nSPS) is 19.1. The molecule has 7 heteroatoms. The molecule has 1 saturated heterocycles. The van der Waals surface area contributed by atoms with Crippen LogP contribution in [-0.4, -0.2) is 27.9 Å². The van der Waals surface area contributed by atoms with Crippen molar-refractivity contribution in [2.45, 2.75) is 43.1 Å². The third kappa shape index (κ3) is 6.88. The molecular weight excluding hydrogens is 496 g/mol. The third-order valence-electron chi connectivity index (χ3n) is 6.41. The fraction of sp³-hybridized carbons (Fsp3) is 0.226. The summed E-state index contributed by atoms with van der Waals surface area (Å²) in [6, 6.07) is 30.9. The van der Waals surface area contributed by atoms with Crippen LogP contribution in [0.1, 0.15) is 51.4 Å². The van der Waals surface area contributed by atoms with E-state index in [2.05, 4.69) is 10.3 Å². The molecule has 3 unspecified atom stereocenters. The van der Waals surface area contributed by atoms with Crippen molar-refractivity contribution in [2.75, 3.05) is 5.75 Å². The molecule has 1 aliphatic rings. The van der Waals surface area contributed by atoms with Crippen molar-refractivity contribution >= 4 is 17.7 Å². The molecule has 2 heterocycles. The zero-order valence-electron chi connectivity index (χ0n) is 20.9. The molecule has 0 bridgehead atoms. The number of hydrogen-bond acceptors (Lipinski definition) is 6. The van der Waals surface area contributed by atoms with Gasteiger partial charge in [0.15, 0.2) is 6.29 Å². The summed E-state index contributed by atoms with van der Waals surface area (Å²) >= 11 is 1.67. The van der Waals surface area contributed by atoms with Gasteiger partial charge in [0.05, 0.1) is 23.8 Å². The molecular formula is C31H30N2O4S. The van der Waals surface area contributed by atoms with Crippen LogP contribution in [0.3, 0.4) is 0 Å².